The van der Waals surface area contributed by atoms with Crippen molar-refractivity contribution in [2.75, 3.05) is 0 Å². The smallest absolute Gasteiger partial charge is 0.0635 e. The standard InChI is InChI=1S/C78H44N2S2/c1-5-17-45(18-6-1)49-29-33-53(57(37-49)47-21-9-3-10-22-47)51-31-35-67-65(39-51)73-75-61(41-63-55-25-13-15-27-71(55)81-77(63)73)59-44-70-60(43-69(59)79(67)75)62-42-64-56-26-14-16-28-72(56)82-78(64)74-66-40-52(32-36-68(66)80(70)76(62)74)54-34-30-50(46-19-7-2-8-20-46)38-58(54)48-23-11-4-12-24-48/h1-44H. The Hall–Kier alpha value is -10.1. The van der Waals surface area contributed by atoms with Crippen molar-refractivity contribution in [3.05, 3.63) is 267 Å². The SMILES string of the molecule is c1ccc(-c2ccc(-c3ccc4c(c3)c3c5sc6ccccc6c5cc5c6cc7c(cc6n4c53)c3cc4c5ccccc5sc4c4c5cc(-c6ccc(-c8ccccc8)cc6-c6ccccc6)ccc5n7c34)c(-c3ccccc3)c2)cc1. The number of hydrogen-bond acceptors (Lipinski definition) is 2. The van der Waals surface area contributed by atoms with Crippen molar-refractivity contribution in [1.29, 1.82) is 0 Å². The molecule has 0 unspecified atom stereocenters. The monoisotopic (exact) mass is 1070 g/mol. The highest BCUT2D eigenvalue weighted by Crippen LogP contribution is 2.53. The Bertz CT molecular complexity index is 5480. The minimum atomic E-state index is 1.21. The van der Waals surface area contributed by atoms with Gasteiger partial charge in [-0.1, -0.05) is 194 Å². The average Bonchev–Trinajstić information content (AvgIpc) is 1.83. The number of hydrogen-bond donors (Lipinski definition) is 0. The van der Waals surface area contributed by atoms with Gasteiger partial charge in [-0.3, -0.25) is 0 Å². The second-order valence-electron chi connectivity index (χ2n) is 22.3. The molecule has 19 aromatic rings. The van der Waals surface area contributed by atoms with E-state index < -0.39 is 0 Å². The molecule has 0 saturated heterocycles. The molecular formula is C78H44N2S2. The highest BCUT2D eigenvalue weighted by atomic mass is 32.1. The summed E-state index contributed by atoms with van der Waals surface area (Å²) in [4.78, 5) is 0. The first kappa shape index (κ1) is 44.7. The first-order chi connectivity index (χ1) is 40.7. The van der Waals surface area contributed by atoms with Gasteiger partial charge in [0.15, 0.2) is 0 Å². The van der Waals surface area contributed by atoms with Gasteiger partial charge >= 0.3 is 0 Å². The van der Waals surface area contributed by atoms with E-state index in [2.05, 4.69) is 276 Å². The minimum absolute atomic E-state index is 1.21. The van der Waals surface area contributed by atoms with Crippen LogP contribution in [0.3, 0.4) is 0 Å². The third-order valence-electron chi connectivity index (χ3n) is 18.0. The first-order valence-corrected chi connectivity index (χ1v) is 29.9. The Labute approximate surface area is 478 Å². The number of benzene rings is 13. The lowest BCUT2D eigenvalue weighted by Crippen LogP contribution is -1.89. The van der Waals surface area contributed by atoms with Crippen LogP contribution in [0.25, 0.3) is 183 Å². The van der Waals surface area contributed by atoms with Gasteiger partial charge in [-0.25, -0.2) is 0 Å². The van der Waals surface area contributed by atoms with Crippen molar-refractivity contribution in [3.8, 4) is 66.8 Å². The Morgan fingerprint density at radius 2 is 0.585 bits per heavy atom. The van der Waals surface area contributed by atoms with Gasteiger partial charge in [-0.2, -0.15) is 0 Å². The first-order valence-electron chi connectivity index (χ1n) is 28.2. The zero-order valence-corrected chi connectivity index (χ0v) is 45.7. The molecule has 13 aromatic carbocycles. The van der Waals surface area contributed by atoms with Crippen molar-refractivity contribution in [2.45, 2.75) is 0 Å². The van der Waals surface area contributed by atoms with E-state index in [4.69, 9.17) is 0 Å². The molecule has 0 spiro atoms. The lowest BCUT2D eigenvalue weighted by atomic mass is 9.90. The zero-order valence-electron chi connectivity index (χ0n) is 44.1. The predicted molar refractivity (Wildman–Crippen MR) is 354 cm³/mol. The molecule has 6 aromatic heterocycles. The fraction of sp³-hybridized carbons (Fsp3) is 0. The van der Waals surface area contributed by atoms with Crippen molar-refractivity contribution < 1.29 is 0 Å². The van der Waals surface area contributed by atoms with Crippen molar-refractivity contribution in [2.24, 2.45) is 0 Å². The molecule has 0 N–H and O–H groups in total. The van der Waals surface area contributed by atoms with Gasteiger partial charge < -0.3 is 8.80 Å². The molecule has 0 aliphatic heterocycles. The van der Waals surface area contributed by atoms with Gasteiger partial charge in [0, 0.05) is 83.4 Å². The summed E-state index contributed by atoms with van der Waals surface area (Å²) < 4.78 is 10.6. The van der Waals surface area contributed by atoms with E-state index in [0.29, 0.717) is 0 Å². The van der Waals surface area contributed by atoms with Gasteiger partial charge in [0.25, 0.3) is 0 Å². The van der Waals surface area contributed by atoms with Crippen LogP contribution in [0, 0.1) is 0 Å². The molecule has 0 radical (unpaired) electrons. The van der Waals surface area contributed by atoms with Gasteiger partial charge in [-0.15, -0.1) is 22.7 Å². The average molecular weight is 1070 g/mol. The Kier molecular flexibility index (Phi) is 9.12. The molecule has 0 saturated carbocycles. The fourth-order valence-electron chi connectivity index (χ4n) is 14.3. The van der Waals surface area contributed by atoms with Crippen molar-refractivity contribution >= 4 is 139 Å². The van der Waals surface area contributed by atoms with E-state index in [0.717, 1.165) is 0 Å². The summed E-state index contributed by atoms with van der Waals surface area (Å²) >= 11 is 3.86. The van der Waals surface area contributed by atoms with E-state index in [1.54, 1.807) is 0 Å². The molecule has 378 valence electrons. The van der Waals surface area contributed by atoms with E-state index in [1.165, 1.54) is 183 Å². The van der Waals surface area contributed by atoms with Crippen LogP contribution in [0.15, 0.2) is 267 Å². The highest BCUT2D eigenvalue weighted by Gasteiger charge is 2.28. The molecule has 6 heterocycles. The van der Waals surface area contributed by atoms with E-state index >= 15 is 0 Å². The minimum Gasteiger partial charge on any atom is -0.308 e. The lowest BCUT2D eigenvalue weighted by Gasteiger charge is -2.14. The molecule has 0 aliphatic rings. The Morgan fingerprint density at radius 3 is 1.01 bits per heavy atom. The normalized spacial score (nSPS) is 12.4. The van der Waals surface area contributed by atoms with Crippen LogP contribution in [0.1, 0.15) is 0 Å². The maximum Gasteiger partial charge on any atom is 0.0635 e. The van der Waals surface area contributed by atoms with Crippen LogP contribution in [-0.4, -0.2) is 8.80 Å². The van der Waals surface area contributed by atoms with Crippen LogP contribution >= 0.6 is 22.7 Å². The third kappa shape index (κ3) is 6.17. The summed E-state index contributed by atoms with van der Waals surface area (Å²) in [7, 11) is 0. The quantitative estimate of drug-likeness (QED) is 0.157. The highest BCUT2D eigenvalue weighted by molar-refractivity contribution is 7.27. The summed E-state index contributed by atoms with van der Waals surface area (Å²) in [6.45, 7) is 0. The summed E-state index contributed by atoms with van der Waals surface area (Å²) in [6, 6.07) is 100. The maximum atomic E-state index is 2.61. The van der Waals surface area contributed by atoms with Crippen LogP contribution < -0.4 is 0 Å². The summed E-state index contributed by atoms with van der Waals surface area (Å²) in [5.41, 5.74) is 22.2. The second kappa shape index (κ2) is 16.7. The maximum absolute atomic E-state index is 2.61. The molecule has 0 amide bonds. The van der Waals surface area contributed by atoms with E-state index in [1.807, 2.05) is 22.7 Å². The summed E-state index contributed by atoms with van der Waals surface area (Å²) in [6.07, 6.45) is 0. The second-order valence-corrected chi connectivity index (χ2v) is 24.4. The van der Waals surface area contributed by atoms with Gasteiger partial charge in [0.05, 0.1) is 33.1 Å². The van der Waals surface area contributed by atoms with Crippen LogP contribution in [0.4, 0.5) is 0 Å². The molecule has 82 heavy (non-hydrogen) atoms. The van der Waals surface area contributed by atoms with Gasteiger partial charge in [0.1, 0.15) is 0 Å². The van der Waals surface area contributed by atoms with Crippen LogP contribution in [0.2, 0.25) is 0 Å². The Balaban J connectivity index is 0.895. The zero-order chi connectivity index (χ0) is 53.3. The number of fused-ring (bicyclic) bond motifs is 20. The summed E-state index contributed by atoms with van der Waals surface area (Å²) in [5, 5.41) is 15.7. The van der Waals surface area contributed by atoms with Crippen LogP contribution in [0.5, 0.6) is 0 Å². The Morgan fingerprint density at radius 1 is 0.207 bits per heavy atom. The molecule has 0 bridgehead atoms. The third-order valence-corrected chi connectivity index (χ3v) is 20.4. The summed E-state index contributed by atoms with van der Waals surface area (Å²) in [5.74, 6) is 0. The van der Waals surface area contributed by atoms with Crippen LogP contribution in [-0.2, 0) is 0 Å². The van der Waals surface area contributed by atoms with Gasteiger partial charge in [0.2, 0.25) is 0 Å². The molecule has 2 nitrogen and oxygen atoms in total. The predicted octanol–water partition coefficient (Wildman–Crippen LogP) is 22.7. The van der Waals surface area contributed by atoms with E-state index in [-0.39, 0.29) is 0 Å². The molecule has 0 aliphatic carbocycles. The fourth-order valence-corrected chi connectivity index (χ4v) is 16.8. The van der Waals surface area contributed by atoms with Crippen molar-refractivity contribution in [3.63, 3.8) is 0 Å². The number of rotatable bonds is 6. The molecule has 19 rings (SSSR count). The largest absolute Gasteiger partial charge is 0.308 e. The lowest BCUT2D eigenvalue weighted by molar-refractivity contribution is 1.36. The van der Waals surface area contributed by atoms with Gasteiger partial charge in [-0.05, 0) is 140 Å². The number of nitrogens with zero attached hydrogens (tertiary/aromatic N) is 2. The molecule has 4 heteroatoms. The molecule has 0 atom stereocenters. The number of thiophene rings is 2. The molecule has 0 fully saturated rings. The van der Waals surface area contributed by atoms with E-state index in [9.17, 15) is 0 Å². The van der Waals surface area contributed by atoms with Crippen molar-refractivity contribution in [1.82, 2.24) is 8.80 Å². The topological polar surface area (TPSA) is 8.82 Å². The molecular weight excluding hydrogens is 1030 g/mol. The number of aromatic nitrogens is 2.